The smallest absolute Gasteiger partial charge is 0.410 e. The molecule has 0 aliphatic rings. The van der Waals surface area contributed by atoms with E-state index in [1.54, 1.807) is 0 Å². The van der Waals surface area contributed by atoms with Gasteiger partial charge in [-0.25, -0.2) is 14.4 Å². The highest BCUT2D eigenvalue weighted by molar-refractivity contribution is 5.74. The summed E-state index contributed by atoms with van der Waals surface area (Å²) in [6.45, 7) is 7.86. The van der Waals surface area contributed by atoms with Gasteiger partial charge in [0.15, 0.2) is 0 Å². The number of amides is 3. The van der Waals surface area contributed by atoms with Crippen LogP contribution in [0, 0.1) is 0 Å². The number of nitrogens with one attached hydrogen (secondary N) is 3. The van der Waals surface area contributed by atoms with Gasteiger partial charge < -0.3 is 30.2 Å². The Labute approximate surface area is 216 Å². The highest BCUT2D eigenvalue weighted by Crippen LogP contribution is 2.28. The molecular weight excluding hydrogens is 462 g/mol. The molecule has 0 heterocycles. The van der Waals surface area contributed by atoms with E-state index < -0.39 is 18.3 Å². The van der Waals surface area contributed by atoms with Crippen LogP contribution >= 0.6 is 0 Å². The minimum absolute atomic E-state index is 0.0973. The van der Waals surface area contributed by atoms with Crippen molar-refractivity contribution in [2.75, 3.05) is 19.6 Å². The van der Waals surface area contributed by atoms with Crippen molar-refractivity contribution in [3.05, 3.63) is 18.2 Å². The monoisotopic (exact) mass is 507 g/mol. The van der Waals surface area contributed by atoms with E-state index >= 15 is 0 Å². The molecule has 36 heavy (non-hydrogen) atoms. The lowest BCUT2D eigenvalue weighted by Crippen LogP contribution is -2.29. The lowest BCUT2D eigenvalue weighted by Gasteiger charge is -2.12. The molecule has 0 aliphatic carbocycles. The van der Waals surface area contributed by atoms with Gasteiger partial charge in [0.2, 0.25) is 0 Å². The topological polar surface area (TPSA) is 115 Å². The van der Waals surface area contributed by atoms with E-state index in [1.807, 2.05) is 0 Å². The third-order valence-corrected chi connectivity index (χ3v) is 5.38. The minimum Gasteiger partial charge on any atom is -0.410 e. The Bertz CT molecular complexity index is 660. The van der Waals surface area contributed by atoms with Crippen molar-refractivity contribution in [1.82, 2.24) is 16.0 Å². The van der Waals surface area contributed by atoms with Gasteiger partial charge in [-0.3, -0.25) is 0 Å². The highest BCUT2D eigenvalue weighted by atomic mass is 16.6. The molecule has 0 radical (unpaired) electrons. The van der Waals surface area contributed by atoms with Crippen LogP contribution in [0.4, 0.5) is 14.4 Å². The van der Waals surface area contributed by atoms with E-state index in [4.69, 9.17) is 14.2 Å². The second kappa shape index (κ2) is 20.2. The molecule has 1 rings (SSSR count). The molecule has 0 bridgehead atoms. The van der Waals surface area contributed by atoms with Crippen LogP contribution in [0.5, 0.6) is 17.2 Å². The van der Waals surface area contributed by atoms with Crippen LogP contribution in [-0.2, 0) is 0 Å². The summed E-state index contributed by atoms with van der Waals surface area (Å²) in [5.74, 6) is 0.292. The first-order chi connectivity index (χ1) is 17.5. The molecule has 0 atom stereocenters. The molecule has 0 saturated heterocycles. The first kappa shape index (κ1) is 31.1. The van der Waals surface area contributed by atoms with Crippen LogP contribution in [0.1, 0.15) is 97.8 Å². The minimum atomic E-state index is -0.629. The zero-order chi connectivity index (χ0) is 26.4. The third kappa shape index (κ3) is 15.8. The maximum absolute atomic E-state index is 12.2. The highest BCUT2D eigenvalue weighted by Gasteiger charge is 2.13. The standard InChI is InChI=1S/C27H45N3O6/c1-4-7-10-13-16-28-25(31)34-22-19-23(35-26(32)29-17-14-11-8-5-2)21-24(20-22)36-27(33)30-18-15-12-9-6-3/h19-21H,4-18H2,1-3H3,(H,28,31)(H,29,32)(H,30,33). The van der Waals surface area contributed by atoms with Crippen molar-refractivity contribution in [3.8, 4) is 17.2 Å². The first-order valence-electron chi connectivity index (χ1n) is 13.5. The Morgan fingerprint density at radius 1 is 0.500 bits per heavy atom. The van der Waals surface area contributed by atoms with Crippen molar-refractivity contribution in [1.29, 1.82) is 0 Å². The van der Waals surface area contributed by atoms with Crippen molar-refractivity contribution >= 4 is 18.3 Å². The van der Waals surface area contributed by atoms with Crippen molar-refractivity contribution in [2.45, 2.75) is 97.8 Å². The zero-order valence-electron chi connectivity index (χ0n) is 22.3. The number of hydrogen-bond acceptors (Lipinski definition) is 6. The van der Waals surface area contributed by atoms with E-state index in [0.29, 0.717) is 19.6 Å². The van der Waals surface area contributed by atoms with Gasteiger partial charge in [0, 0.05) is 37.8 Å². The quantitative estimate of drug-likeness (QED) is 0.191. The number of unbranched alkanes of at least 4 members (excludes halogenated alkanes) is 9. The third-order valence-electron chi connectivity index (χ3n) is 5.38. The van der Waals surface area contributed by atoms with Crippen molar-refractivity contribution < 1.29 is 28.6 Å². The van der Waals surface area contributed by atoms with E-state index in [1.165, 1.54) is 18.2 Å². The Morgan fingerprint density at radius 3 is 1.03 bits per heavy atom. The number of benzene rings is 1. The number of rotatable bonds is 18. The SMILES string of the molecule is CCCCCCNC(=O)Oc1cc(OC(=O)NCCCCCC)cc(OC(=O)NCCCCCC)c1. The maximum Gasteiger partial charge on any atom is 0.412 e. The molecule has 0 saturated carbocycles. The number of carbonyl (C=O) groups excluding carboxylic acids is 3. The van der Waals surface area contributed by atoms with Crippen LogP contribution in [0.15, 0.2) is 18.2 Å². The molecule has 1 aromatic carbocycles. The Kier molecular flexibility index (Phi) is 17.5. The van der Waals surface area contributed by atoms with E-state index in [9.17, 15) is 14.4 Å². The van der Waals surface area contributed by atoms with Gasteiger partial charge in [-0.05, 0) is 19.3 Å². The molecular formula is C27H45N3O6. The number of carbonyl (C=O) groups is 3. The van der Waals surface area contributed by atoms with Crippen LogP contribution in [-0.4, -0.2) is 37.9 Å². The molecule has 0 aromatic heterocycles. The first-order valence-corrected chi connectivity index (χ1v) is 13.5. The summed E-state index contributed by atoms with van der Waals surface area (Å²) in [6, 6.07) is 4.22. The van der Waals surface area contributed by atoms with E-state index in [2.05, 4.69) is 36.7 Å². The molecule has 0 aliphatic heterocycles. The Morgan fingerprint density at radius 2 is 0.778 bits per heavy atom. The van der Waals surface area contributed by atoms with Gasteiger partial charge in [-0.2, -0.15) is 0 Å². The lowest BCUT2D eigenvalue weighted by atomic mass is 10.2. The second-order valence-corrected chi connectivity index (χ2v) is 8.77. The summed E-state index contributed by atoms with van der Waals surface area (Å²) in [6.07, 6.45) is 10.4. The fourth-order valence-electron chi connectivity index (χ4n) is 3.38. The summed E-state index contributed by atoms with van der Waals surface area (Å²) < 4.78 is 16.0. The van der Waals surface area contributed by atoms with Crippen molar-refractivity contribution in [3.63, 3.8) is 0 Å². The van der Waals surface area contributed by atoms with Crippen molar-refractivity contribution in [2.24, 2.45) is 0 Å². The van der Waals surface area contributed by atoms with Crippen LogP contribution in [0.3, 0.4) is 0 Å². The van der Waals surface area contributed by atoms with Crippen LogP contribution < -0.4 is 30.2 Å². The van der Waals surface area contributed by atoms with Gasteiger partial charge in [0.25, 0.3) is 0 Å². The molecule has 9 nitrogen and oxygen atoms in total. The van der Waals surface area contributed by atoms with Crippen LogP contribution in [0.25, 0.3) is 0 Å². The molecule has 3 N–H and O–H groups in total. The molecule has 9 heteroatoms. The number of hydrogen-bond donors (Lipinski definition) is 3. The zero-order valence-corrected chi connectivity index (χ0v) is 22.3. The summed E-state index contributed by atoms with van der Waals surface area (Å²) >= 11 is 0. The average molecular weight is 508 g/mol. The molecule has 1 aromatic rings. The predicted molar refractivity (Wildman–Crippen MR) is 141 cm³/mol. The fourth-order valence-corrected chi connectivity index (χ4v) is 3.38. The molecule has 204 valence electrons. The molecule has 0 unspecified atom stereocenters. The molecule has 3 amide bonds. The predicted octanol–water partition coefficient (Wildman–Crippen LogP) is 6.69. The normalized spacial score (nSPS) is 10.4. The molecule has 0 spiro atoms. The Hall–Kier alpha value is -2.97. The van der Waals surface area contributed by atoms with Gasteiger partial charge in [-0.1, -0.05) is 78.6 Å². The maximum atomic E-state index is 12.2. The molecule has 0 fully saturated rings. The average Bonchev–Trinajstić information content (AvgIpc) is 2.83. The largest absolute Gasteiger partial charge is 0.412 e. The second-order valence-electron chi connectivity index (χ2n) is 8.77. The summed E-state index contributed by atoms with van der Waals surface area (Å²) in [5, 5.41) is 8.10. The Balaban J connectivity index is 2.73. The van der Waals surface area contributed by atoms with Gasteiger partial charge in [0.1, 0.15) is 17.2 Å². The van der Waals surface area contributed by atoms with Gasteiger partial charge in [0.05, 0.1) is 0 Å². The van der Waals surface area contributed by atoms with Gasteiger partial charge in [-0.15, -0.1) is 0 Å². The summed E-state index contributed by atoms with van der Waals surface area (Å²) in [5.41, 5.74) is 0. The van der Waals surface area contributed by atoms with E-state index in [-0.39, 0.29) is 17.2 Å². The summed E-state index contributed by atoms with van der Waals surface area (Å²) in [7, 11) is 0. The lowest BCUT2D eigenvalue weighted by molar-refractivity contribution is 0.197. The number of ether oxygens (including phenoxy) is 3. The summed E-state index contributed by atoms with van der Waals surface area (Å²) in [4.78, 5) is 36.6. The van der Waals surface area contributed by atoms with E-state index in [0.717, 1.165) is 77.0 Å². The fraction of sp³-hybridized carbons (Fsp3) is 0.667. The van der Waals surface area contributed by atoms with Crippen LogP contribution in [0.2, 0.25) is 0 Å². The van der Waals surface area contributed by atoms with Gasteiger partial charge >= 0.3 is 18.3 Å².